The SMILES string of the molecule is CC(C)C(=O)NCCNC(=O)CCc1ncc(-c2ccccc2F)o1. The zero-order chi connectivity index (χ0) is 18.2. The van der Waals surface area contributed by atoms with Crippen LogP contribution in [0, 0.1) is 11.7 Å². The summed E-state index contributed by atoms with van der Waals surface area (Å²) in [5.41, 5.74) is 0.339. The summed E-state index contributed by atoms with van der Waals surface area (Å²) in [7, 11) is 0. The average Bonchev–Trinajstić information content (AvgIpc) is 3.05. The Morgan fingerprint density at radius 3 is 2.64 bits per heavy atom. The highest BCUT2D eigenvalue weighted by molar-refractivity contribution is 5.78. The second kappa shape index (κ2) is 8.96. The largest absolute Gasteiger partial charge is 0.441 e. The van der Waals surface area contributed by atoms with Crippen LogP contribution in [0.25, 0.3) is 11.3 Å². The van der Waals surface area contributed by atoms with Gasteiger partial charge in [-0.25, -0.2) is 9.37 Å². The normalized spacial score (nSPS) is 10.7. The van der Waals surface area contributed by atoms with E-state index in [1.807, 2.05) is 0 Å². The van der Waals surface area contributed by atoms with Gasteiger partial charge in [0.2, 0.25) is 11.8 Å². The Labute approximate surface area is 145 Å². The number of oxazole rings is 1. The van der Waals surface area contributed by atoms with E-state index < -0.39 is 0 Å². The van der Waals surface area contributed by atoms with Gasteiger partial charge in [0.25, 0.3) is 0 Å². The van der Waals surface area contributed by atoms with Gasteiger partial charge >= 0.3 is 0 Å². The number of carbonyl (C=O) groups is 2. The minimum absolute atomic E-state index is 0.0466. The van der Waals surface area contributed by atoms with Crippen molar-refractivity contribution in [2.45, 2.75) is 26.7 Å². The zero-order valence-electron chi connectivity index (χ0n) is 14.3. The number of hydrogen-bond acceptors (Lipinski definition) is 4. The third-order valence-corrected chi connectivity index (χ3v) is 3.53. The van der Waals surface area contributed by atoms with Gasteiger partial charge in [0, 0.05) is 31.8 Å². The van der Waals surface area contributed by atoms with E-state index in [2.05, 4.69) is 15.6 Å². The topological polar surface area (TPSA) is 84.2 Å². The molecule has 0 spiro atoms. The molecule has 0 saturated carbocycles. The van der Waals surface area contributed by atoms with Crippen LogP contribution in [0.4, 0.5) is 4.39 Å². The first-order valence-corrected chi connectivity index (χ1v) is 8.21. The molecule has 0 aliphatic carbocycles. The van der Waals surface area contributed by atoms with E-state index in [0.717, 1.165) is 0 Å². The van der Waals surface area contributed by atoms with E-state index in [-0.39, 0.29) is 30.0 Å². The van der Waals surface area contributed by atoms with E-state index in [9.17, 15) is 14.0 Å². The fourth-order valence-corrected chi connectivity index (χ4v) is 2.11. The van der Waals surface area contributed by atoms with Crippen LogP contribution in [-0.2, 0) is 16.0 Å². The van der Waals surface area contributed by atoms with Gasteiger partial charge in [0.05, 0.1) is 11.8 Å². The van der Waals surface area contributed by atoms with Crippen molar-refractivity contribution in [3.63, 3.8) is 0 Å². The first-order valence-electron chi connectivity index (χ1n) is 8.21. The molecule has 0 atom stereocenters. The summed E-state index contributed by atoms with van der Waals surface area (Å²) >= 11 is 0. The maximum Gasteiger partial charge on any atom is 0.222 e. The van der Waals surface area contributed by atoms with Gasteiger partial charge in [0.15, 0.2) is 11.7 Å². The van der Waals surface area contributed by atoms with Crippen molar-refractivity contribution in [2.24, 2.45) is 5.92 Å². The molecule has 0 bridgehead atoms. The van der Waals surface area contributed by atoms with Gasteiger partial charge in [-0.2, -0.15) is 0 Å². The number of nitrogens with zero attached hydrogens (tertiary/aromatic N) is 1. The minimum atomic E-state index is -0.383. The number of nitrogens with one attached hydrogen (secondary N) is 2. The Bertz CT molecular complexity index is 728. The van der Waals surface area contributed by atoms with Crippen molar-refractivity contribution in [1.82, 2.24) is 15.6 Å². The molecule has 25 heavy (non-hydrogen) atoms. The van der Waals surface area contributed by atoms with Crippen LogP contribution in [0.2, 0.25) is 0 Å². The van der Waals surface area contributed by atoms with Crippen LogP contribution < -0.4 is 10.6 Å². The number of amides is 2. The summed E-state index contributed by atoms with van der Waals surface area (Å²) in [4.78, 5) is 27.2. The molecule has 0 aliphatic rings. The highest BCUT2D eigenvalue weighted by Crippen LogP contribution is 2.23. The van der Waals surface area contributed by atoms with Crippen LogP contribution in [0.3, 0.4) is 0 Å². The molecule has 1 aromatic carbocycles. The van der Waals surface area contributed by atoms with Gasteiger partial charge in [-0.1, -0.05) is 26.0 Å². The van der Waals surface area contributed by atoms with E-state index >= 15 is 0 Å². The zero-order valence-corrected chi connectivity index (χ0v) is 14.3. The Morgan fingerprint density at radius 2 is 1.92 bits per heavy atom. The summed E-state index contributed by atoms with van der Waals surface area (Å²) in [5, 5.41) is 5.43. The minimum Gasteiger partial charge on any atom is -0.441 e. The Morgan fingerprint density at radius 1 is 1.20 bits per heavy atom. The lowest BCUT2D eigenvalue weighted by Gasteiger charge is -2.08. The molecule has 7 heteroatoms. The Hall–Kier alpha value is -2.70. The van der Waals surface area contributed by atoms with Gasteiger partial charge in [0.1, 0.15) is 5.82 Å². The molecule has 0 saturated heterocycles. The van der Waals surface area contributed by atoms with Crippen LogP contribution in [0.1, 0.15) is 26.2 Å². The van der Waals surface area contributed by atoms with Crippen molar-refractivity contribution in [1.29, 1.82) is 0 Å². The van der Waals surface area contributed by atoms with Gasteiger partial charge in [-0.15, -0.1) is 0 Å². The number of benzene rings is 1. The third-order valence-electron chi connectivity index (χ3n) is 3.53. The number of halogens is 1. The molecule has 0 fully saturated rings. The lowest BCUT2D eigenvalue weighted by molar-refractivity contribution is -0.124. The molecule has 0 aliphatic heterocycles. The monoisotopic (exact) mass is 347 g/mol. The van der Waals surface area contributed by atoms with Crippen molar-refractivity contribution < 1.29 is 18.4 Å². The lowest BCUT2D eigenvalue weighted by Crippen LogP contribution is -2.36. The number of aryl methyl sites for hydroxylation is 1. The molecule has 134 valence electrons. The maximum atomic E-state index is 13.7. The van der Waals surface area contributed by atoms with Crippen molar-refractivity contribution in [2.75, 3.05) is 13.1 Å². The smallest absolute Gasteiger partial charge is 0.222 e. The predicted octanol–water partition coefficient (Wildman–Crippen LogP) is 2.30. The molecule has 2 aromatic rings. The number of hydrogen-bond donors (Lipinski definition) is 2. The second-order valence-corrected chi connectivity index (χ2v) is 5.89. The summed E-state index contributed by atoms with van der Waals surface area (Å²) in [6.07, 6.45) is 1.97. The van der Waals surface area contributed by atoms with Gasteiger partial charge < -0.3 is 15.1 Å². The number of carbonyl (C=O) groups excluding carboxylic acids is 2. The van der Waals surface area contributed by atoms with Crippen LogP contribution >= 0.6 is 0 Å². The standard InChI is InChI=1S/C18H22FN3O3/c1-12(2)18(24)21-10-9-20-16(23)7-8-17-22-11-15(25-17)13-5-3-4-6-14(13)19/h3-6,11-12H,7-10H2,1-2H3,(H,20,23)(H,21,24). The summed E-state index contributed by atoms with van der Waals surface area (Å²) < 4.78 is 19.2. The van der Waals surface area contributed by atoms with Gasteiger partial charge in [-0.3, -0.25) is 9.59 Å². The summed E-state index contributed by atoms with van der Waals surface area (Å²) in [6, 6.07) is 6.27. The van der Waals surface area contributed by atoms with Crippen LogP contribution in [0.5, 0.6) is 0 Å². The molecule has 2 N–H and O–H groups in total. The Kier molecular flexibility index (Phi) is 6.68. The fourth-order valence-electron chi connectivity index (χ4n) is 2.11. The maximum absolute atomic E-state index is 13.7. The van der Waals surface area contributed by atoms with Crippen LogP contribution in [0.15, 0.2) is 34.9 Å². The number of rotatable bonds is 8. The molecule has 6 nitrogen and oxygen atoms in total. The summed E-state index contributed by atoms with van der Waals surface area (Å²) in [5.74, 6) is 0.0429. The van der Waals surface area contributed by atoms with E-state index in [4.69, 9.17) is 4.42 Å². The molecule has 0 radical (unpaired) electrons. The molecule has 2 rings (SSSR count). The van der Waals surface area contributed by atoms with E-state index in [1.165, 1.54) is 12.3 Å². The quantitative estimate of drug-likeness (QED) is 0.718. The first kappa shape index (κ1) is 18.6. The van der Waals surface area contributed by atoms with E-state index in [1.54, 1.807) is 32.0 Å². The second-order valence-electron chi connectivity index (χ2n) is 5.89. The van der Waals surface area contributed by atoms with Crippen molar-refractivity contribution >= 4 is 11.8 Å². The first-order chi connectivity index (χ1) is 12.0. The molecule has 1 heterocycles. The number of aromatic nitrogens is 1. The highest BCUT2D eigenvalue weighted by atomic mass is 19.1. The average molecular weight is 347 g/mol. The lowest BCUT2D eigenvalue weighted by atomic mass is 10.2. The van der Waals surface area contributed by atoms with Crippen molar-refractivity contribution in [3.8, 4) is 11.3 Å². The molecule has 2 amide bonds. The predicted molar refractivity (Wildman–Crippen MR) is 91.1 cm³/mol. The molecular formula is C18H22FN3O3. The molecule has 1 aromatic heterocycles. The van der Waals surface area contributed by atoms with Crippen LogP contribution in [-0.4, -0.2) is 29.9 Å². The summed E-state index contributed by atoms with van der Waals surface area (Å²) in [6.45, 7) is 4.36. The van der Waals surface area contributed by atoms with Crippen molar-refractivity contribution in [3.05, 3.63) is 42.2 Å². The van der Waals surface area contributed by atoms with E-state index in [0.29, 0.717) is 36.7 Å². The Balaban J connectivity index is 1.74. The van der Waals surface area contributed by atoms with Gasteiger partial charge in [-0.05, 0) is 12.1 Å². The fraction of sp³-hybridized carbons (Fsp3) is 0.389. The molecular weight excluding hydrogens is 325 g/mol. The molecule has 0 unspecified atom stereocenters. The highest BCUT2D eigenvalue weighted by Gasteiger charge is 2.12. The third kappa shape index (κ3) is 5.70.